The van der Waals surface area contributed by atoms with Crippen LogP contribution in [0.2, 0.25) is 0 Å². The van der Waals surface area contributed by atoms with E-state index in [1.54, 1.807) is 0 Å². The maximum atomic E-state index is 10.6. The van der Waals surface area contributed by atoms with E-state index >= 15 is 0 Å². The van der Waals surface area contributed by atoms with E-state index < -0.39 is 12.0 Å². The van der Waals surface area contributed by atoms with Crippen LogP contribution in [0.4, 0.5) is 0 Å². The molecule has 3 N–H and O–H groups in total. The monoisotopic (exact) mass is 206 g/mol. The maximum Gasteiger partial charge on any atom is 0.321 e. The van der Waals surface area contributed by atoms with Crippen molar-refractivity contribution in [3.05, 3.63) is 35.4 Å². The largest absolute Gasteiger partial charge is 0.480 e. The Hall–Kier alpha value is -1.39. The lowest BCUT2D eigenvalue weighted by atomic mass is 10.1. The topological polar surface area (TPSA) is 66.6 Å². The van der Waals surface area contributed by atoms with Gasteiger partial charge in [-0.3, -0.25) is 9.69 Å². The molecule has 1 heterocycles. The Bertz CT molecular complexity index is 354. The number of carboxylic acid groups (broad SMARTS) is 1. The zero-order valence-electron chi connectivity index (χ0n) is 8.39. The van der Waals surface area contributed by atoms with Crippen molar-refractivity contribution in [2.75, 3.05) is 6.54 Å². The lowest BCUT2D eigenvalue weighted by Gasteiger charge is -2.17. The highest BCUT2D eigenvalue weighted by Crippen LogP contribution is 2.21. The molecule has 0 spiro atoms. The number of nitrogens with zero attached hydrogens (tertiary/aromatic N) is 1. The second kappa shape index (κ2) is 4.00. The van der Waals surface area contributed by atoms with Gasteiger partial charge in [-0.15, -0.1) is 0 Å². The molecule has 0 saturated carbocycles. The van der Waals surface area contributed by atoms with Crippen molar-refractivity contribution in [3.8, 4) is 0 Å². The van der Waals surface area contributed by atoms with Crippen LogP contribution < -0.4 is 5.73 Å². The average molecular weight is 206 g/mol. The van der Waals surface area contributed by atoms with Crippen LogP contribution in [-0.4, -0.2) is 28.6 Å². The van der Waals surface area contributed by atoms with Crippen molar-refractivity contribution in [1.82, 2.24) is 4.90 Å². The van der Waals surface area contributed by atoms with Crippen LogP contribution in [0.15, 0.2) is 24.3 Å². The Morgan fingerprint density at radius 2 is 1.93 bits per heavy atom. The van der Waals surface area contributed by atoms with Crippen LogP contribution in [0.5, 0.6) is 0 Å². The lowest BCUT2D eigenvalue weighted by molar-refractivity contribution is -0.139. The molecule has 2 rings (SSSR count). The number of carboxylic acids is 1. The Morgan fingerprint density at radius 1 is 1.40 bits per heavy atom. The Labute approximate surface area is 88.3 Å². The van der Waals surface area contributed by atoms with E-state index in [0.29, 0.717) is 6.54 Å². The lowest BCUT2D eigenvalue weighted by Crippen LogP contribution is -2.40. The Morgan fingerprint density at radius 3 is 2.40 bits per heavy atom. The predicted molar refractivity (Wildman–Crippen MR) is 56.2 cm³/mol. The van der Waals surface area contributed by atoms with E-state index in [1.807, 2.05) is 12.1 Å². The van der Waals surface area contributed by atoms with Crippen molar-refractivity contribution in [1.29, 1.82) is 0 Å². The predicted octanol–water partition coefficient (Wildman–Crippen LogP) is 0.414. The molecule has 0 aliphatic carbocycles. The molecule has 1 aliphatic rings. The molecule has 1 unspecified atom stereocenters. The molecule has 4 nitrogen and oxygen atoms in total. The van der Waals surface area contributed by atoms with E-state index in [9.17, 15) is 4.79 Å². The first-order valence-corrected chi connectivity index (χ1v) is 4.94. The fourth-order valence-electron chi connectivity index (χ4n) is 1.89. The summed E-state index contributed by atoms with van der Waals surface area (Å²) in [6, 6.07) is 7.35. The summed E-state index contributed by atoms with van der Waals surface area (Å²) in [5, 5.41) is 8.71. The molecular weight excluding hydrogens is 192 g/mol. The number of nitrogens with two attached hydrogens (primary N) is 1. The first-order valence-electron chi connectivity index (χ1n) is 4.94. The van der Waals surface area contributed by atoms with Gasteiger partial charge in [-0.05, 0) is 11.1 Å². The third-order valence-electron chi connectivity index (χ3n) is 2.68. The summed E-state index contributed by atoms with van der Waals surface area (Å²) >= 11 is 0. The fourth-order valence-corrected chi connectivity index (χ4v) is 1.89. The van der Waals surface area contributed by atoms with E-state index in [-0.39, 0.29) is 0 Å². The number of benzene rings is 1. The van der Waals surface area contributed by atoms with Crippen molar-refractivity contribution >= 4 is 5.97 Å². The number of rotatable bonds is 3. The summed E-state index contributed by atoms with van der Waals surface area (Å²) in [6.45, 7) is 2.01. The zero-order valence-corrected chi connectivity index (χ0v) is 8.39. The van der Waals surface area contributed by atoms with E-state index in [1.165, 1.54) is 11.1 Å². The van der Waals surface area contributed by atoms with Crippen LogP contribution in [0.3, 0.4) is 0 Å². The third kappa shape index (κ3) is 2.16. The molecule has 0 amide bonds. The number of hydrogen-bond acceptors (Lipinski definition) is 3. The van der Waals surface area contributed by atoms with Gasteiger partial charge in [-0.2, -0.15) is 0 Å². The molecule has 1 atom stereocenters. The summed E-state index contributed by atoms with van der Waals surface area (Å²) in [7, 11) is 0. The van der Waals surface area contributed by atoms with E-state index in [2.05, 4.69) is 17.0 Å². The highest BCUT2D eigenvalue weighted by atomic mass is 16.4. The van der Waals surface area contributed by atoms with Crippen molar-refractivity contribution in [3.63, 3.8) is 0 Å². The Kier molecular flexibility index (Phi) is 2.70. The zero-order chi connectivity index (χ0) is 10.8. The van der Waals surface area contributed by atoms with E-state index in [0.717, 1.165) is 13.1 Å². The van der Waals surface area contributed by atoms with Gasteiger partial charge in [-0.1, -0.05) is 24.3 Å². The van der Waals surface area contributed by atoms with Gasteiger partial charge in [0.2, 0.25) is 0 Å². The summed E-state index contributed by atoms with van der Waals surface area (Å²) in [5.74, 6) is -0.939. The first-order chi connectivity index (χ1) is 7.16. The van der Waals surface area contributed by atoms with Gasteiger partial charge in [0.05, 0.1) is 0 Å². The van der Waals surface area contributed by atoms with Crippen LogP contribution in [0, 0.1) is 0 Å². The van der Waals surface area contributed by atoms with Gasteiger partial charge < -0.3 is 10.8 Å². The molecule has 0 bridgehead atoms. The SMILES string of the molecule is NC(CN1Cc2ccccc2C1)C(=O)O. The number of aliphatic carboxylic acids is 1. The van der Waals surface area contributed by atoms with Gasteiger partial charge in [0.1, 0.15) is 6.04 Å². The molecule has 15 heavy (non-hydrogen) atoms. The summed E-state index contributed by atoms with van der Waals surface area (Å²) in [6.07, 6.45) is 0. The molecular formula is C11H14N2O2. The Balaban J connectivity index is 1.99. The van der Waals surface area contributed by atoms with Gasteiger partial charge in [0.15, 0.2) is 0 Å². The first kappa shape index (κ1) is 10.1. The minimum Gasteiger partial charge on any atom is -0.480 e. The van der Waals surface area contributed by atoms with Crippen LogP contribution in [0.1, 0.15) is 11.1 Å². The smallest absolute Gasteiger partial charge is 0.321 e. The van der Waals surface area contributed by atoms with Crippen LogP contribution in [0.25, 0.3) is 0 Å². The summed E-state index contributed by atoms with van der Waals surface area (Å²) in [5.41, 5.74) is 8.04. The minimum absolute atomic E-state index is 0.407. The summed E-state index contributed by atoms with van der Waals surface area (Å²) < 4.78 is 0. The number of hydrogen-bond donors (Lipinski definition) is 2. The molecule has 0 saturated heterocycles. The molecule has 1 aromatic carbocycles. The second-order valence-electron chi connectivity index (χ2n) is 3.88. The quantitative estimate of drug-likeness (QED) is 0.752. The van der Waals surface area contributed by atoms with Crippen LogP contribution in [-0.2, 0) is 17.9 Å². The second-order valence-corrected chi connectivity index (χ2v) is 3.88. The molecule has 0 fully saturated rings. The number of carbonyl (C=O) groups is 1. The molecule has 4 heteroatoms. The molecule has 1 aliphatic heterocycles. The van der Waals surface area contributed by atoms with Crippen molar-refractivity contribution < 1.29 is 9.90 Å². The maximum absolute atomic E-state index is 10.6. The van der Waals surface area contributed by atoms with E-state index in [4.69, 9.17) is 10.8 Å². The molecule has 1 aromatic rings. The fraction of sp³-hybridized carbons (Fsp3) is 0.364. The minimum atomic E-state index is -0.939. The highest BCUT2D eigenvalue weighted by Gasteiger charge is 2.22. The number of fused-ring (bicyclic) bond motifs is 1. The van der Waals surface area contributed by atoms with Gasteiger partial charge in [-0.25, -0.2) is 0 Å². The molecule has 0 radical (unpaired) electrons. The third-order valence-corrected chi connectivity index (χ3v) is 2.68. The highest BCUT2D eigenvalue weighted by molar-refractivity contribution is 5.73. The molecule has 0 aromatic heterocycles. The van der Waals surface area contributed by atoms with Gasteiger partial charge in [0, 0.05) is 19.6 Å². The normalized spacial score (nSPS) is 17.4. The van der Waals surface area contributed by atoms with Crippen molar-refractivity contribution in [2.24, 2.45) is 5.73 Å². The van der Waals surface area contributed by atoms with Crippen LogP contribution >= 0.6 is 0 Å². The van der Waals surface area contributed by atoms with Crippen molar-refractivity contribution in [2.45, 2.75) is 19.1 Å². The molecule has 80 valence electrons. The van der Waals surface area contributed by atoms with Gasteiger partial charge in [0.25, 0.3) is 0 Å². The average Bonchev–Trinajstić information content (AvgIpc) is 2.59. The standard InChI is InChI=1S/C11H14N2O2/c12-10(11(14)15)7-13-5-8-3-1-2-4-9(8)6-13/h1-4,10H,5-7,12H2,(H,14,15). The summed E-state index contributed by atoms with van der Waals surface area (Å²) in [4.78, 5) is 12.7. The van der Waals surface area contributed by atoms with Gasteiger partial charge >= 0.3 is 5.97 Å².